The van der Waals surface area contributed by atoms with E-state index in [2.05, 4.69) is 35.8 Å². The number of para-hydroxylation sites is 1. The van der Waals surface area contributed by atoms with E-state index < -0.39 is 0 Å². The molecule has 2 N–H and O–H groups in total. The first-order valence-corrected chi connectivity index (χ1v) is 8.43. The van der Waals surface area contributed by atoms with Crippen molar-refractivity contribution in [1.82, 2.24) is 10.6 Å². The number of benzene rings is 1. The minimum absolute atomic E-state index is 0. The Bertz CT molecular complexity index is 539. The molecule has 128 valence electrons. The molecule has 2 aliphatic rings. The highest BCUT2D eigenvalue weighted by Crippen LogP contribution is 2.51. The summed E-state index contributed by atoms with van der Waals surface area (Å²) < 4.78 is 5.53. The predicted octanol–water partition coefficient (Wildman–Crippen LogP) is 3.31. The number of aliphatic imine (C=N–C) groups is 1. The first-order chi connectivity index (χ1) is 10.8. The smallest absolute Gasteiger partial charge is 0.191 e. The van der Waals surface area contributed by atoms with Crippen LogP contribution in [0.25, 0.3) is 0 Å². The fourth-order valence-electron chi connectivity index (χ4n) is 2.88. The molecule has 0 aromatic heterocycles. The second-order valence-electron chi connectivity index (χ2n) is 6.50. The maximum Gasteiger partial charge on any atom is 0.191 e. The van der Waals surface area contributed by atoms with Gasteiger partial charge in [0.25, 0.3) is 0 Å². The molecule has 0 saturated heterocycles. The maximum absolute atomic E-state index is 5.53. The standard InChI is InChI=1S/C18H27N3O.HI/c1-3-19-17(20-12-14-8-9-14)21-13-18(10-11-18)15-6-4-5-7-16(15)22-2;/h4-7,14H,3,8-13H2,1-2H3,(H2,19,20,21);1H. The Morgan fingerprint density at radius 1 is 1.26 bits per heavy atom. The van der Waals surface area contributed by atoms with Gasteiger partial charge in [0.15, 0.2) is 5.96 Å². The lowest BCUT2D eigenvalue weighted by molar-refractivity contribution is 0.404. The van der Waals surface area contributed by atoms with Gasteiger partial charge in [0.05, 0.1) is 13.7 Å². The van der Waals surface area contributed by atoms with Crippen LogP contribution in [0.4, 0.5) is 0 Å². The quantitative estimate of drug-likeness (QED) is 0.397. The topological polar surface area (TPSA) is 45.7 Å². The van der Waals surface area contributed by atoms with E-state index in [1.54, 1.807) is 7.11 Å². The van der Waals surface area contributed by atoms with Gasteiger partial charge in [0.2, 0.25) is 0 Å². The Kier molecular flexibility index (Phi) is 6.56. The van der Waals surface area contributed by atoms with E-state index in [9.17, 15) is 0 Å². The van der Waals surface area contributed by atoms with E-state index in [1.165, 1.54) is 31.2 Å². The largest absolute Gasteiger partial charge is 0.496 e. The number of rotatable bonds is 7. The van der Waals surface area contributed by atoms with Crippen LogP contribution in [0, 0.1) is 5.92 Å². The SMILES string of the molecule is CCNC(=NCC1(c2ccccc2OC)CC1)NCC1CC1.I. The Morgan fingerprint density at radius 3 is 2.61 bits per heavy atom. The summed E-state index contributed by atoms with van der Waals surface area (Å²) in [7, 11) is 1.75. The van der Waals surface area contributed by atoms with Gasteiger partial charge in [-0.3, -0.25) is 4.99 Å². The molecular formula is C18H28IN3O. The molecule has 23 heavy (non-hydrogen) atoms. The van der Waals surface area contributed by atoms with Crippen molar-refractivity contribution in [1.29, 1.82) is 0 Å². The normalized spacial score (nSPS) is 18.8. The highest BCUT2D eigenvalue weighted by molar-refractivity contribution is 14.0. The van der Waals surface area contributed by atoms with Crippen molar-refractivity contribution in [2.75, 3.05) is 26.7 Å². The molecule has 0 bridgehead atoms. The molecule has 2 fully saturated rings. The molecule has 1 aromatic carbocycles. The van der Waals surface area contributed by atoms with E-state index in [1.807, 2.05) is 6.07 Å². The van der Waals surface area contributed by atoms with E-state index in [-0.39, 0.29) is 29.4 Å². The molecule has 2 aliphatic carbocycles. The number of ether oxygens (including phenoxy) is 1. The Hall–Kier alpha value is -0.980. The van der Waals surface area contributed by atoms with Gasteiger partial charge in [-0.15, -0.1) is 24.0 Å². The van der Waals surface area contributed by atoms with Gasteiger partial charge < -0.3 is 15.4 Å². The number of methoxy groups -OCH3 is 1. The molecule has 2 saturated carbocycles. The summed E-state index contributed by atoms with van der Waals surface area (Å²) in [6, 6.07) is 8.36. The lowest BCUT2D eigenvalue weighted by atomic mass is 9.95. The van der Waals surface area contributed by atoms with Crippen molar-refractivity contribution in [3.63, 3.8) is 0 Å². The van der Waals surface area contributed by atoms with Gasteiger partial charge in [0, 0.05) is 24.1 Å². The van der Waals surface area contributed by atoms with E-state index in [4.69, 9.17) is 9.73 Å². The highest BCUT2D eigenvalue weighted by Gasteiger charge is 2.46. The van der Waals surface area contributed by atoms with Gasteiger partial charge >= 0.3 is 0 Å². The van der Waals surface area contributed by atoms with Crippen LogP contribution >= 0.6 is 24.0 Å². The third-order valence-electron chi connectivity index (χ3n) is 4.67. The average molecular weight is 429 g/mol. The van der Waals surface area contributed by atoms with Crippen molar-refractivity contribution in [2.45, 2.75) is 38.0 Å². The molecule has 0 unspecified atom stereocenters. The number of nitrogens with one attached hydrogen (secondary N) is 2. The molecule has 0 heterocycles. The number of halogens is 1. The molecule has 5 heteroatoms. The number of hydrogen-bond donors (Lipinski definition) is 2. The van der Waals surface area contributed by atoms with Crippen LogP contribution in [-0.4, -0.2) is 32.7 Å². The summed E-state index contributed by atoms with van der Waals surface area (Å²) in [6.07, 6.45) is 5.10. The number of hydrogen-bond acceptors (Lipinski definition) is 2. The zero-order valence-electron chi connectivity index (χ0n) is 14.1. The van der Waals surface area contributed by atoms with E-state index in [0.29, 0.717) is 0 Å². The lowest BCUT2D eigenvalue weighted by Crippen LogP contribution is -2.39. The van der Waals surface area contributed by atoms with Crippen molar-refractivity contribution in [2.24, 2.45) is 10.9 Å². The minimum atomic E-state index is 0. The third kappa shape index (κ3) is 4.75. The molecular weight excluding hydrogens is 401 g/mol. The molecule has 0 radical (unpaired) electrons. The lowest BCUT2D eigenvalue weighted by Gasteiger charge is -2.18. The maximum atomic E-state index is 5.53. The second-order valence-corrected chi connectivity index (χ2v) is 6.50. The molecule has 0 aliphatic heterocycles. The van der Waals surface area contributed by atoms with Gasteiger partial charge in [-0.25, -0.2) is 0 Å². The number of nitrogens with zero attached hydrogens (tertiary/aromatic N) is 1. The molecule has 1 aromatic rings. The highest BCUT2D eigenvalue weighted by atomic mass is 127. The van der Waals surface area contributed by atoms with Crippen LogP contribution < -0.4 is 15.4 Å². The molecule has 0 atom stereocenters. The summed E-state index contributed by atoms with van der Waals surface area (Å²) >= 11 is 0. The first-order valence-electron chi connectivity index (χ1n) is 8.43. The molecule has 3 rings (SSSR count). The average Bonchev–Trinajstić information content (AvgIpc) is 3.45. The van der Waals surface area contributed by atoms with Crippen LogP contribution in [0.2, 0.25) is 0 Å². The number of guanidine groups is 1. The van der Waals surface area contributed by atoms with Crippen LogP contribution in [-0.2, 0) is 5.41 Å². The zero-order valence-corrected chi connectivity index (χ0v) is 16.4. The van der Waals surface area contributed by atoms with Crippen molar-refractivity contribution < 1.29 is 4.74 Å². The third-order valence-corrected chi connectivity index (χ3v) is 4.67. The van der Waals surface area contributed by atoms with Gasteiger partial charge in [-0.05, 0) is 44.6 Å². The van der Waals surface area contributed by atoms with Crippen molar-refractivity contribution in [3.05, 3.63) is 29.8 Å². The van der Waals surface area contributed by atoms with Gasteiger partial charge in [0.1, 0.15) is 5.75 Å². The summed E-state index contributed by atoms with van der Waals surface area (Å²) in [5.41, 5.74) is 1.48. The Morgan fingerprint density at radius 2 is 2.00 bits per heavy atom. The Labute approximate surface area is 156 Å². The predicted molar refractivity (Wildman–Crippen MR) is 106 cm³/mol. The summed E-state index contributed by atoms with van der Waals surface area (Å²) in [5.74, 6) is 2.80. The Balaban J connectivity index is 0.00000192. The fraction of sp³-hybridized carbons (Fsp3) is 0.611. The zero-order chi connectivity index (χ0) is 15.4. The van der Waals surface area contributed by atoms with E-state index >= 15 is 0 Å². The van der Waals surface area contributed by atoms with Crippen molar-refractivity contribution in [3.8, 4) is 5.75 Å². The second kappa shape index (κ2) is 8.22. The molecule has 0 spiro atoms. The monoisotopic (exact) mass is 429 g/mol. The van der Waals surface area contributed by atoms with Crippen LogP contribution in [0.5, 0.6) is 5.75 Å². The van der Waals surface area contributed by atoms with Crippen LogP contribution in [0.15, 0.2) is 29.3 Å². The summed E-state index contributed by atoms with van der Waals surface area (Å²) in [6.45, 7) is 4.89. The van der Waals surface area contributed by atoms with Crippen LogP contribution in [0.3, 0.4) is 0 Å². The van der Waals surface area contributed by atoms with Gasteiger partial charge in [-0.1, -0.05) is 18.2 Å². The summed E-state index contributed by atoms with van der Waals surface area (Å²) in [4.78, 5) is 4.84. The van der Waals surface area contributed by atoms with E-state index in [0.717, 1.165) is 37.3 Å². The minimum Gasteiger partial charge on any atom is -0.496 e. The fourth-order valence-corrected chi connectivity index (χ4v) is 2.88. The first kappa shape index (κ1) is 18.4. The van der Waals surface area contributed by atoms with Crippen molar-refractivity contribution >= 4 is 29.9 Å². The van der Waals surface area contributed by atoms with Gasteiger partial charge in [-0.2, -0.15) is 0 Å². The van der Waals surface area contributed by atoms with Crippen LogP contribution in [0.1, 0.15) is 38.2 Å². The molecule has 0 amide bonds. The molecule has 4 nitrogen and oxygen atoms in total. The summed E-state index contributed by atoms with van der Waals surface area (Å²) in [5, 5.41) is 6.82.